The number of ether oxygens (including phenoxy) is 1. The summed E-state index contributed by atoms with van der Waals surface area (Å²) in [5.74, 6) is 2.13. The highest BCUT2D eigenvalue weighted by atomic mass is 16.5. The van der Waals surface area contributed by atoms with Crippen molar-refractivity contribution in [2.75, 3.05) is 51.3 Å². The number of piperazine rings is 1. The van der Waals surface area contributed by atoms with E-state index in [0.29, 0.717) is 12.5 Å². The second kappa shape index (κ2) is 8.51. The molecular weight excluding hydrogens is 338 g/mol. The lowest BCUT2D eigenvalue weighted by molar-refractivity contribution is -0.929. The van der Waals surface area contributed by atoms with Crippen molar-refractivity contribution in [1.82, 2.24) is 4.90 Å². The maximum Gasteiger partial charge on any atom is 0.277 e. The molecule has 2 saturated heterocycles. The fourth-order valence-corrected chi connectivity index (χ4v) is 5.40. The molecule has 4 rings (SSSR count). The lowest BCUT2D eigenvalue weighted by atomic mass is 9.78. The monoisotopic (exact) mass is 372 g/mol. The minimum absolute atomic E-state index is 0.366. The van der Waals surface area contributed by atoms with Gasteiger partial charge in [-0.05, 0) is 56.4 Å². The van der Waals surface area contributed by atoms with Crippen LogP contribution in [0.2, 0.25) is 0 Å². The summed E-state index contributed by atoms with van der Waals surface area (Å²) < 4.78 is 5.24. The zero-order valence-corrected chi connectivity index (χ0v) is 16.7. The third-order valence-corrected chi connectivity index (χ3v) is 6.95. The van der Waals surface area contributed by atoms with E-state index < -0.39 is 0 Å². The molecule has 3 atom stereocenters. The molecule has 148 valence electrons. The van der Waals surface area contributed by atoms with Crippen LogP contribution in [0, 0.1) is 5.92 Å². The molecule has 1 amide bonds. The minimum Gasteiger partial charge on any atom is -0.497 e. The molecule has 1 saturated carbocycles. The molecule has 0 spiro atoms. The predicted octanol–water partition coefficient (Wildman–Crippen LogP) is 1.58. The quantitative estimate of drug-likeness (QED) is 0.872. The van der Waals surface area contributed by atoms with E-state index in [1.165, 1.54) is 50.8 Å². The summed E-state index contributed by atoms with van der Waals surface area (Å²) in [4.78, 5) is 19.0. The van der Waals surface area contributed by atoms with Crippen LogP contribution in [0.5, 0.6) is 5.75 Å². The van der Waals surface area contributed by atoms with Crippen LogP contribution in [0.25, 0.3) is 0 Å². The number of anilines is 1. The third kappa shape index (κ3) is 4.23. The second-order valence-corrected chi connectivity index (χ2v) is 8.44. The number of nitrogens with one attached hydrogen (secondary N) is 1. The van der Waals surface area contributed by atoms with E-state index >= 15 is 0 Å². The molecule has 1 aliphatic carbocycles. The number of fused-ring (bicyclic) bond motifs is 1. The van der Waals surface area contributed by atoms with Crippen molar-refractivity contribution in [3.05, 3.63) is 24.3 Å². The molecule has 1 N–H and O–H groups in total. The lowest BCUT2D eigenvalue weighted by Crippen LogP contribution is -3.18. The Morgan fingerprint density at radius 3 is 2.48 bits per heavy atom. The number of rotatable bonds is 4. The molecular formula is C22H34N3O2+. The van der Waals surface area contributed by atoms with Crippen LogP contribution in [0.1, 0.15) is 38.5 Å². The molecule has 3 fully saturated rings. The van der Waals surface area contributed by atoms with Gasteiger partial charge in [0.2, 0.25) is 0 Å². The van der Waals surface area contributed by atoms with Gasteiger partial charge in [0.15, 0.2) is 6.54 Å². The van der Waals surface area contributed by atoms with Crippen molar-refractivity contribution in [3.63, 3.8) is 0 Å². The smallest absolute Gasteiger partial charge is 0.277 e. The summed E-state index contributed by atoms with van der Waals surface area (Å²) in [6, 6.07) is 8.98. The molecule has 0 aromatic heterocycles. The minimum atomic E-state index is 0.366. The first-order valence-corrected chi connectivity index (χ1v) is 10.8. The van der Waals surface area contributed by atoms with Crippen LogP contribution in [0.15, 0.2) is 24.3 Å². The van der Waals surface area contributed by atoms with Crippen molar-refractivity contribution in [2.45, 2.75) is 44.6 Å². The second-order valence-electron chi connectivity index (χ2n) is 8.44. The van der Waals surface area contributed by atoms with E-state index in [0.717, 1.165) is 43.9 Å². The normalized spacial score (nSPS) is 28.6. The van der Waals surface area contributed by atoms with Gasteiger partial charge in [0.05, 0.1) is 19.7 Å². The molecule has 27 heavy (non-hydrogen) atoms. The Morgan fingerprint density at radius 2 is 1.74 bits per heavy atom. The largest absolute Gasteiger partial charge is 0.497 e. The van der Waals surface area contributed by atoms with E-state index in [-0.39, 0.29) is 0 Å². The molecule has 3 aliphatic rings. The van der Waals surface area contributed by atoms with E-state index in [2.05, 4.69) is 21.9 Å². The van der Waals surface area contributed by atoms with Crippen molar-refractivity contribution in [1.29, 1.82) is 0 Å². The number of methoxy groups -OCH3 is 1. The average molecular weight is 373 g/mol. The van der Waals surface area contributed by atoms with Crippen molar-refractivity contribution < 1.29 is 14.4 Å². The lowest BCUT2D eigenvalue weighted by Gasteiger charge is -2.42. The first kappa shape index (κ1) is 18.6. The highest BCUT2D eigenvalue weighted by Gasteiger charge is 2.38. The van der Waals surface area contributed by atoms with Crippen LogP contribution < -0.4 is 14.5 Å². The van der Waals surface area contributed by atoms with E-state index in [1.807, 2.05) is 12.1 Å². The van der Waals surface area contributed by atoms with Crippen LogP contribution in [0.3, 0.4) is 0 Å². The number of hydrogen-bond acceptors (Lipinski definition) is 3. The van der Waals surface area contributed by atoms with Gasteiger partial charge in [0, 0.05) is 37.8 Å². The molecule has 1 aromatic rings. The fourth-order valence-electron chi connectivity index (χ4n) is 5.40. The van der Waals surface area contributed by atoms with E-state index in [9.17, 15) is 4.79 Å². The maximum absolute atomic E-state index is 12.9. The SMILES string of the molecule is COc1ccc(N2CCN(C(=O)C[NH+]3CCC[C@H]4CCCC[C@@H]43)CC2)cc1. The number of carbonyl (C=O) groups is 1. The Kier molecular flexibility index (Phi) is 5.86. The van der Waals surface area contributed by atoms with Gasteiger partial charge in [-0.3, -0.25) is 4.79 Å². The number of quaternary nitrogens is 1. The number of hydrogen-bond donors (Lipinski definition) is 1. The Balaban J connectivity index is 1.29. The molecule has 5 nitrogen and oxygen atoms in total. The van der Waals surface area contributed by atoms with Gasteiger partial charge in [-0.15, -0.1) is 0 Å². The van der Waals surface area contributed by atoms with Gasteiger partial charge < -0.3 is 19.4 Å². The van der Waals surface area contributed by atoms with Crippen molar-refractivity contribution in [2.24, 2.45) is 5.92 Å². The summed E-state index contributed by atoms with van der Waals surface area (Å²) in [5, 5.41) is 0. The zero-order chi connectivity index (χ0) is 18.6. The molecule has 1 aromatic carbocycles. The highest BCUT2D eigenvalue weighted by Crippen LogP contribution is 2.28. The van der Waals surface area contributed by atoms with Crippen molar-refractivity contribution >= 4 is 11.6 Å². The molecule has 0 radical (unpaired) electrons. The van der Waals surface area contributed by atoms with Gasteiger partial charge in [-0.25, -0.2) is 0 Å². The summed E-state index contributed by atoms with van der Waals surface area (Å²) >= 11 is 0. The van der Waals surface area contributed by atoms with Gasteiger partial charge in [-0.2, -0.15) is 0 Å². The van der Waals surface area contributed by atoms with Gasteiger partial charge >= 0.3 is 0 Å². The number of benzene rings is 1. The Bertz CT molecular complexity index is 623. The number of likely N-dealkylation sites (tertiary alicyclic amines) is 1. The summed E-state index contributed by atoms with van der Waals surface area (Å²) in [5.41, 5.74) is 1.22. The predicted molar refractivity (Wildman–Crippen MR) is 107 cm³/mol. The third-order valence-electron chi connectivity index (χ3n) is 6.95. The number of amides is 1. The number of piperidine rings is 1. The molecule has 1 unspecified atom stereocenters. The molecule has 5 heteroatoms. The number of nitrogens with zero attached hydrogens (tertiary/aromatic N) is 2. The van der Waals surface area contributed by atoms with Crippen LogP contribution >= 0.6 is 0 Å². The zero-order valence-electron chi connectivity index (χ0n) is 16.7. The van der Waals surface area contributed by atoms with Gasteiger partial charge in [0.1, 0.15) is 5.75 Å². The first-order chi connectivity index (χ1) is 13.2. The van der Waals surface area contributed by atoms with Gasteiger partial charge in [-0.1, -0.05) is 6.42 Å². The standard InChI is InChI=1S/C22H33N3O2/c1-27-20-10-8-19(9-11-20)23-13-15-24(16-14-23)22(26)17-25-12-4-6-18-5-2-3-7-21(18)25/h8-11,18,21H,2-7,12-17H2,1H3/p+1/t18-,21+/m1/s1. The fraction of sp³-hybridized carbons (Fsp3) is 0.682. The van der Waals surface area contributed by atoms with Gasteiger partial charge in [0.25, 0.3) is 5.91 Å². The first-order valence-electron chi connectivity index (χ1n) is 10.8. The molecule has 2 heterocycles. The summed E-state index contributed by atoms with van der Waals surface area (Å²) in [6.07, 6.45) is 8.18. The van der Waals surface area contributed by atoms with Crippen LogP contribution in [0.4, 0.5) is 5.69 Å². The Labute approximate surface area is 163 Å². The maximum atomic E-state index is 12.9. The van der Waals surface area contributed by atoms with Crippen LogP contribution in [-0.4, -0.2) is 63.2 Å². The Morgan fingerprint density at radius 1 is 1.04 bits per heavy atom. The highest BCUT2D eigenvalue weighted by molar-refractivity contribution is 5.77. The van der Waals surface area contributed by atoms with E-state index in [1.54, 1.807) is 12.0 Å². The topological polar surface area (TPSA) is 37.2 Å². The molecule has 2 aliphatic heterocycles. The number of carbonyl (C=O) groups excluding carboxylic acids is 1. The Hall–Kier alpha value is -1.75. The summed E-state index contributed by atoms with van der Waals surface area (Å²) in [7, 11) is 1.69. The van der Waals surface area contributed by atoms with E-state index in [4.69, 9.17) is 4.74 Å². The van der Waals surface area contributed by atoms with Crippen LogP contribution in [-0.2, 0) is 4.79 Å². The average Bonchev–Trinajstić information content (AvgIpc) is 2.74. The van der Waals surface area contributed by atoms with Crippen molar-refractivity contribution in [3.8, 4) is 5.75 Å². The summed E-state index contributed by atoms with van der Waals surface area (Å²) in [6.45, 7) is 5.42. The molecule has 0 bridgehead atoms.